The van der Waals surface area contributed by atoms with Crippen LogP contribution in [0.5, 0.6) is 0 Å². The lowest BCUT2D eigenvalue weighted by molar-refractivity contribution is -0.143. The van der Waals surface area contributed by atoms with Crippen LogP contribution in [0.3, 0.4) is 0 Å². The van der Waals surface area contributed by atoms with Gasteiger partial charge in [0.2, 0.25) is 17.7 Å². The second-order valence-electron chi connectivity index (χ2n) is 8.26. The predicted molar refractivity (Wildman–Crippen MR) is 136 cm³/mol. The molecular weight excluding hydrogens is 494 g/mol. The molecule has 0 rings (SSSR count). The van der Waals surface area contributed by atoms with E-state index < -0.39 is 60.2 Å². The fourth-order valence-electron chi connectivity index (χ4n) is 2.97. The average molecular weight is 534 g/mol. The number of carboxylic acid groups (broad SMARTS) is 2. The Morgan fingerprint density at radius 1 is 0.917 bits per heavy atom. The fourth-order valence-corrected chi connectivity index (χ4v) is 3.45. The standard InChI is InChI=1S/C21H39N7O7S/c1-4-11(2)16(22)19(33)26-12(7-9-36-3)17(31)28-14(10-15(29)30)18(32)27-13(20(34)35)6-5-8-25-21(23)24/h11-14,16H,4-10,22H2,1-3H3,(H,26,33)(H,27,32)(H,28,31)(H,29,30)(H,34,35)(H4,23,24,25). The monoisotopic (exact) mass is 533 g/mol. The van der Waals surface area contributed by atoms with Crippen LogP contribution >= 0.6 is 11.8 Å². The molecule has 15 heteroatoms. The number of aliphatic imine (C=N–C) groups is 1. The first kappa shape index (κ1) is 32.9. The van der Waals surface area contributed by atoms with Gasteiger partial charge in [-0.3, -0.25) is 24.2 Å². The number of nitrogens with zero attached hydrogens (tertiary/aromatic N) is 1. The van der Waals surface area contributed by atoms with Gasteiger partial charge in [0.15, 0.2) is 5.96 Å². The largest absolute Gasteiger partial charge is 0.481 e. The van der Waals surface area contributed by atoms with Crippen molar-refractivity contribution in [2.75, 3.05) is 18.6 Å². The summed E-state index contributed by atoms with van der Waals surface area (Å²) in [6.07, 6.45) is 2.05. The number of amides is 3. The molecule has 0 aromatic carbocycles. The van der Waals surface area contributed by atoms with E-state index in [2.05, 4.69) is 20.9 Å². The first-order chi connectivity index (χ1) is 16.8. The first-order valence-electron chi connectivity index (χ1n) is 11.5. The highest BCUT2D eigenvalue weighted by molar-refractivity contribution is 7.98. The molecule has 36 heavy (non-hydrogen) atoms. The van der Waals surface area contributed by atoms with Crippen LogP contribution < -0.4 is 33.2 Å². The summed E-state index contributed by atoms with van der Waals surface area (Å²) >= 11 is 1.43. The normalized spacial score (nSPS) is 14.9. The lowest BCUT2D eigenvalue weighted by Crippen LogP contribution is -2.58. The van der Waals surface area contributed by atoms with E-state index in [9.17, 15) is 34.2 Å². The third kappa shape index (κ3) is 13.1. The number of aliphatic carboxylic acids is 2. The molecule has 11 N–H and O–H groups in total. The summed E-state index contributed by atoms with van der Waals surface area (Å²) in [5.74, 6) is -4.87. The minimum atomic E-state index is -1.58. The van der Waals surface area contributed by atoms with Crippen molar-refractivity contribution in [3.05, 3.63) is 0 Å². The van der Waals surface area contributed by atoms with Crippen molar-refractivity contribution in [1.82, 2.24) is 16.0 Å². The Labute approximate surface area is 214 Å². The summed E-state index contributed by atoms with van der Waals surface area (Å²) in [6.45, 7) is 3.80. The summed E-state index contributed by atoms with van der Waals surface area (Å²) in [4.78, 5) is 64.8. The topological polar surface area (TPSA) is 252 Å². The molecule has 5 atom stereocenters. The Hall–Kier alpha value is -3.07. The second-order valence-corrected chi connectivity index (χ2v) is 9.25. The third-order valence-corrected chi connectivity index (χ3v) is 6.02. The van der Waals surface area contributed by atoms with E-state index in [0.717, 1.165) is 0 Å². The SMILES string of the molecule is CCC(C)C(N)C(=O)NC(CCSC)C(=O)NC(CC(=O)O)C(=O)NC(CCCN=C(N)N)C(=O)O. The van der Waals surface area contributed by atoms with Gasteiger partial charge in [-0.2, -0.15) is 11.8 Å². The lowest BCUT2D eigenvalue weighted by Gasteiger charge is -2.25. The van der Waals surface area contributed by atoms with Gasteiger partial charge < -0.3 is 43.4 Å². The number of rotatable bonds is 18. The zero-order chi connectivity index (χ0) is 27.8. The summed E-state index contributed by atoms with van der Waals surface area (Å²) in [7, 11) is 0. The van der Waals surface area contributed by atoms with Gasteiger partial charge in [0.25, 0.3) is 0 Å². The van der Waals surface area contributed by atoms with Gasteiger partial charge in [-0.1, -0.05) is 20.3 Å². The van der Waals surface area contributed by atoms with Gasteiger partial charge in [-0.25, -0.2) is 4.79 Å². The predicted octanol–water partition coefficient (Wildman–Crippen LogP) is -1.82. The number of hydrogen-bond acceptors (Lipinski definition) is 8. The van der Waals surface area contributed by atoms with Crippen LogP contribution in [-0.4, -0.2) is 88.6 Å². The Morgan fingerprint density at radius 2 is 1.47 bits per heavy atom. The average Bonchev–Trinajstić information content (AvgIpc) is 2.80. The van der Waals surface area contributed by atoms with Crippen molar-refractivity contribution >= 4 is 47.4 Å². The van der Waals surface area contributed by atoms with Gasteiger partial charge in [0, 0.05) is 6.54 Å². The van der Waals surface area contributed by atoms with Crippen LogP contribution in [-0.2, 0) is 24.0 Å². The number of carbonyl (C=O) groups excluding carboxylic acids is 3. The van der Waals surface area contributed by atoms with Crippen molar-refractivity contribution in [2.45, 2.75) is 70.1 Å². The van der Waals surface area contributed by atoms with E-state index in [1.54, 1.807) is 6.92 Å². The van der Waals surface area contributed by atoms with E-state index in [-0.39, 0.29) is 37.7 Å². The molecule has 0 saturated carbocycles. The van der Waals surface area contributed by atoms with Gasteiger partial charge in [-0.05, 0) is 37.2 Å². The number of guanidine groups is 1. The molecule has 0 aliphatic carbocycles. The Balaban J connectivity index is 5.48. The number of nitrogens with two attached hydrogens (primary N) is 3. The van der Waals surface area contributed by atoms with Crippen LogP contribution in [0.25, 0.3) is 0 Å². The molecule has 0 fully saturated rings. The maximum Gasteiger partial charge on any atom is 0.326 e. The zero-order valence-corrected chi connectivity index (χ0v) is 21.7. The summed E-state index contributed by atoms with van der Waals surface area (Å²) in [5.41, 5.74) is 16.4. The van der Waals surface area contributed by atoms with E-state index in [1.807, 2.05) is 13.2 Å². The van der Waals surface area contributed by atoms with Gasteiger partial charge >= 0.3 is 11.9 Å². The summed E-state index contributed by atoms with van der Waals surface area (Å²) < 4.78 is 0. The minimum absolute atomic E-state index is 0.0362. The lowest BCUT2D eigenvalue weighted by atomic mass is 9.99. The maximum atomic E-state index is 12.9. The number of hydrogen-bond donors (Lipinski definition) is 8. The summed E-state index contributed by atoms with van der Waals surface area (Å²) in [6, 6.07) is -4.86. The molecule has 0 aliphatic heterocycles. The molecule has 0 aliphatic rings. The molecule has 206 valence electrons. The molecule has 14 nitrogen and oxygen atoms in total. The first-order valence-corrected chi connectivity index (χ1v) is 12.9. The Kier molecular flexibility index (Phi) is 15.9. The van der Waals surface area contributed by atoms with Crippen molar-refractivity contribution in [3.63, 3.8) is 0 Å². The van der Waals surface area contributed by atoms with E-state index >= 15 is 0 Å². The highest BCUT2D eigenvalue weighted by Gasteiger charge is 2.32. The molecule has 0 saturated heterocycles. The molecule has 5 unspecified atom stereocenters. The smallest absolute Gasteiger partial charge is 0.326 e. The minimum Gasteiger partial charge on any atom is -0.481 e. The Morgan fingerprint density at radius 3 is 1.97 bits per heavy atom. The number of carboxylic acids is 2. The number of thioether (sulfide) groups is 1. The fraction of sp³-hybridized carbons (Fsp3) is 0.714. The van der Waals surface area contributed by atoms with Gasteiger partial charge in [-0.15, -0.1) is 0 Å². The second kappa shape index (κ2) is 17.4. The van der Waals surface area contributed by atoms with E-state index in [1.165, 1.54) is 11.8 Å². The van der Waals surface area contributed by atoms with Crippen molar-refractivity contribution in [2.24, 2.45) is 28.1 Å². The molecular formula is C21H39N7O7S. The zero-order valence-electron chi connectivity index (χ0n) is 20.9. The maximum absolute atomic E-state index is 12.9. The Bertz CT molecular complexity index is 793. The van der Waals surface area contributed by atoms with Crippen LogP contribution in [0.2, 0.25) is 0 Å². The van der Waals surface area contributed by atoms with Crippen LogP contribution in [0.1, 0.15) is 46.0 Å². The van der Waals surface area contributed by atoms with Gasteiger partial charge in [0.1, 0.15) is 18.1 Å². The van der Waals surface area contributed by atoms with Crippen molar-refractivity contribution < 1.29 is 34.2 Å². The van der Waals surface area contributed by atoms with Crippen LogP contribution in [0.15, 0.2) is 4.99 Å². The molecule has 0 heterocycles. The molecule has 0 aromatic rings. The molecule has 3 amide bonds. The van der Waals surface area contributed by atoms with Crippen LogP contribution in [0.4, 0.5) is 0 Å². The van der Waals surface area contributed by atoms with E-state index in [4.69, 9.17) is 17.2 Å². The van der Waals surface area contributed by atoms with Crippen molar-refractivity contribution in [1.29, 1.82) is 0 Å². The molecule has 0 aromatic heterocycles. The highest BCUT2D eigenvalue weighted by atomic mass is 32.2. The molecule has 0 radical (unpaired) electrons. The third-order valence-electron chi connectivity index (χ3n) is 5.37. The van der Waals surface area contributed by atoms with Crippen molar-refractivity contribution in [3.8, 4) is 0 Å². The molecule has 0 spiro atoms. The number of nitrogens with one attached hydrogen (secondary N) is 3. The molecule has 0 bridgehead atoms. The van der Waals surface area contributed by atoms with Gasteiger partial charge in [0.05, 0.1) is 12.5 Å². The summed E-state index contributed by atoms with van der Waals surface area (Å²) in [5, 5.41) is 25.8. The highest BCUT2D eigenvalue weighted by Crippen LogP contribution is 2.08. The number of carbonyl (C=O) groups is 5. The van der Waals surface area contributed by atoms with E-state index in [0.29, 0.717) is 12.2 Å². The van der Waals surface area contributed by atoms with Crippen LogP contribution in [0, 0.1) is 5.92 Å². The quantitative estimate of drug-likeness (QED) is 0.0553.